The second-order valence-electron chi connectivity index (χ2n) is 5.53. The summed E-state index contributed by atoms with van der Waals surface area (Å²) in [5, 5.41) is 11.6. The molecule has 3 aromatic rings. The van der Waals surface area contributed by atoms with E-state index in [1.807, 2.05) is 35.2 Å². The minimum Gasteiger partial charge on any atom is -0.444 e. The Morgan fingerprint density at radius 1 is 1.21 bits per heavy atom. The lowest BCUT2D eigenvalue weighted by Crippen LogP contribution is -2.32. The van der Waals surface area contributed by atoms with Gasteiger partial charge in [0.15, 0.2) is 18.2 Å². The fourth-order valence-corrected chi connectivity index (χ4v) is 2.66. The zero-order chi connectivity index (χ0) is 16.9. The Labute approximate surface area is 139 Å². The molecule has 24 heavy (non-hydrogen) atoms. The number of Topliss-reactive ketones (excluding diaryl/α,β-unsaturated/α-hetero) is 1. The van der Waals surface area contributed by atoms with Crippen LogP contribution in [0.3, 0.4) is 0 Å². The summed E-state index contributed by atoms with van der Waals surface area (Å²) in [6.45, 7) is 1.63. The highest BCUT2D eigenvalue weighted by atomic mass is 16.3. The third-order valence-corrected chi connectivity index (χ3v) is 3.81. The van der Waals surface area contributed by atoms with E-state index in [1.165, 1.54) is 10.8 Å². The molecule has 0 saturated carbocycles. The Bertz CT molecular complexity index is 831. The molecule has 0 aliphatic rings. The Balaban J connectivity index is 1.78. The van der Waals surface area contributed by atoms with Gasteiger partial charge < -0.3 is 10.8 Å². The highest BCUT2D eigenvalue weighted by Crippen LogP contribution is 2.14. The molecule has 4 N–H and O–H groups in total. The van der Waals surface area contributed by atoms with Gasteiger partial charge in [-0.1, -0.05) is 30.3 Å². The summed E-state index contributed by atoms with van der Waals surface area (Å²) in [4.78, 5) is 18.6. The third-order valence-electron chi connectivity index (χ3n) is 3.81. The average Bonchev–Trinajstić information content (AvgIpc) is 3.01. The molecular weight excluding hydrogens is 306 g/mol. The maximum atomic E-state index is 12.7. The molecule has 7 heteroatoms. The summed E-state index contributed by atoms with van der Waals surface area (Å²) in [5.74, 6) is 0.286. The maximum absolute atomic E-state index is 12.7. The molecule has 1 aromatic carbocycles. The van der Waals surface area contributed by atoms with E-state index in [0.717, 1.165) is 5.56 Å². The minimum atomic E-state index is -0.0579. The zero-order valence-corrected chi connectivity index (χ0v) is 13.2. The summed E-state index contributed by atoms with van der Waals surface area (Å²) >= 11 is 0. The fraction of sp³-hybridized carbons (Fsp3) is 0.235. The molecule has 0 aliphatic carbocycles. The first-order valence-corrected chi connectivity index (χ1v) is 7.71. The van der Waals surface area contributed by atoms with Crippen LogP contribution in [0.4, 0.5) is 5.82 Å². The van der Waals surface area contributed by atoms with Crippen LogP contribution in [0.15, 0.2) is 48.8 Å². The molecule has 0 fully saturated rings. The average molecular weight is 326 g/mol. The van der Waals surface area contributed by atoms with Crippen LogP contribution in [0.5, 0.6) is 0 Å². The highest BCUT2D eigenvalue weighted by Gasteiger charge is 2.17. The number of hydrogen-bond acceptors (Lipinski definition) is 5. The molecule has 0 spiro atoms. The lowest BCUT2D eigenvalue weighted by molar-refractivity contribution is 0.0901. The minimum absolute atomic E-state index is 0.0579. The molecule has 2 heterocycles. The van der Waals surface area contributed by atoms with E-state index >= 15 is 0 Å². The van der Waals surface area contributed by atoms with Crippen molar-refractivity contribution in [1.82, 2.24) is 19.5 Å². The predicted molar refractivity (Wildman–Crippen MR) is 91.9 cm³/mol. The van der Waals surface area contributed by atoms with E-state index in [2.05, 4.69) is 10.1 Å². The molecule has 0 aliphatic heterocycles. The van der Waals surface area contributed by atoms with Gasteiger partial charge in [0.1, 0.15) is 17.5 Å². The molecule has 0 saturated heterocycles. The summed E-state index contributed by atoms with van der Waals surface area (Å²) in [5.41, 5.74) is 8.01. The molecule has 3 rings (SSSR count). The monoisotopic (exact) mass is 326 g/mol. The summed E-state index contributed by atoms with van der Waals surface area (Å²) in [6, 6.07) is 13.4. The van der Waals surface area contributed by atoms with Gasteiger partial charge in [-0.25, -0.2) is 9.50 Å². The first-order valence-electron chi connectivity index (χ1n) is 7.71. The normalized spacial score (nSPS) is 11.2. The van der Waals surface area contributed by atoms with Crippen molar-refractivity contribution >= 4 is 17.1 Å². The van der Waals surface area contributed by atoms with Crippen molar-refractivity contribution in [3.63, 3.8) is 0 Å². The number of carbonyl (C=O) groups excluding carboxylic acids is 1. The quantitative estimate of drug-likeness (QED) is 0.509. The van der Waals surface area contributed by atoms with Crippen molar-refractivity contribution in [3.8, 4) is 0 Å². The Morgan fingerprint density at radius 3 is 2.75 bits per heavy atom. The van der Waals surface area contributed by atoms with Crippen LogP contribution in [0.2, 0.25) is 0 Å². The molecule has 124 valence electrons. The van der Waals surface area contributed by atoms with Crippen molar-refractivity contribution in [2.45, 2.75) is 6.54 Å². The lowest BCUT2D eigenvalue weighted by Gasteiger charge is -2.19. The fourth-order valence-electron chi connectivity index (χ4n) is 2.66. The van der Waals surface area contributed by atoms with E-state index in [1.54, 1.807) is 12.1 Å². The number of nitrogen functional groups attached to an aromatic ring is 1. The number of rotatable bonds is 7. The van der Waals surface area contributed by atoms with Gasteiger partial charge in [0, 0.05) is 6.54 Å². The zero-order valence-electron chi connectivity index (χ0n) is 13.2. The number of nitrogens with two attached hydrogens (primary N) is 1. The van der Waals surface area contributed by atoms with Crippen molar-refractivity contribution < 1.29 is 9.90 Å². The van der Waals surface area contributed by atoms with Crippen LogP contribution in [0.25, 0.3) is 5.52 Å². The Hall–Kier alpha value is -2.77. The Morgan fingerprint density at radius 2 is 2.00 bits per heavy atom. The maximum Gasteiger partial charge on any atom is 0.195 e. The van der Waals surface area contributed by atoms with Gasteiger partial charge in [-0.15, -0.1) is 0 Å². The number of fused-ring (bicyclic) bond motifs is 1. The third kappa shape index (κ3) is 3.42. The predicted octanol–water partition coefficient (Wildman–Crippen LogP) is 0.721. The van der Waals surface area contributed by atoms with Gasteiger partial charge in [-0.05, 0) is 17.7 Å². The van der Waals surface area contributed by atoms with Gasteiger partial charge in [0.2, 0.25) is 0 Å². The van der Waals surface area contributed by atoms with Crippen LogP contribution in [0, 0.1) is 0 Å². The van der Waals surface area contributed by atoms with Crippen LogP contribution in [-0.2, 0) is 6.54 Å². The number of ketones is 1. The highest BCUT2D eigenvalue weighted by molar-refractivity contribution is 5.97. The number of carbonyl (C=O) groups is 1. The number of aromatic nitrogens is 3. The van der Waals surface area contributed by atoms with E-state index in [9.17, 15) is 4.79 Å². The topological polar surface area (TPSA) is 99.4 Å². The van der Waals surface area contributed by atoms with Crippen molar-refractivity contribution in [2.75, 3.05) is 25.4 Å². The standard InChI is InChI=1S/C17H19N5O2/c18-17-15-7-6-14(22(15)20-12-19-17)16(24)11-21(8-9-23)10-13-4-2-1-3-5-13/h1-7,12,23H,8-11H2,(H2,18,19,20)/p+1. The molecular formula is C17H20N5O2+. The van der Waals surface area contributed by atoms with Crippen LogP contribution >= 0.6 is 0 Å². The van der Waals surface area contributed by atoms with Gasteiger partial charge in [-0.3, -0.25) is 9.69 Å². The number of hydrogen-bond donors (Lipinski definition) is 1. The van der Waals surface area contributed by atoms with Crippen LogP contribution in [-0.4, -0.2) is 50.1 Å². The number of benzene rings is 1. The van der Waals surface area contributed by atoms with Crippen molar-refractivity contribution in [1.29, 1.82) is 0 Å². The molecule has 0 unspecified atom stereocenters. The molecule has 0 bridgehead atoms. The smallest absolute Gasteiger partial charge is 0.195 e. The van der Waals surface area contributed by atoms with E-state index in [-0.39, 0.29) is 18.9 Å². The molecule has 0 radical (unpaired) electrons. The summed E-state index contributed by atoms with van der Waals surface area (Å²) in [7, 11) is 0. The van der Waals surface area contributed by atoms with E-state index < -0.39 is 0 Å². The number of anilines is 1. The Kier molecular flexibility index (Phi) is 4.83. The first-order chi connectivity index (χ1) is 11.7. The first kappa shape index (κ1) is 16.1. The summed E-state index contributed by atoms with van der Waals surface area (Å²) < 4.78 is 1.52. The largest absolute Gasteiger partial charge is 0.444 e. The molecule has 2 aromatic heterocycles. The lowest BCUT2D eigenvalue weighted by atomic mass is 10.2. The van der Waals surface area contributed by atoms with E-state index in [0.29, 0.717) is 30.1 Å². The van der Waals surface area contributed by atoms with E-state index in [4.69, 9.17) is 10.8 Å². The number of nitrogens with zero attached hydrogens (tertiary/aromatic N) is 4. The SMILES string of the molecule is Nc1ncnn2c(C(=O)CN(CC[OH2+])Cc3ccccc3)ccc12. The summed E-state index contributed by atoms with van der Waals surface area (Å²) in [6.07, 6.45) is 1.34. The van der Waals surface area contributed by atoms with Gasteiger partial charge in [0.05, 0.1) is 13.1 Å². The molecule has 0 amide bonds. The molecule has 7 nitrogen and oxygen atoms in total. The van der Waals surface area contributed by atoms with Gasteiger partial charge in [0.25, 0.3) is 0 Å². The van der Waals surface area contributed by atoms with Crippen LogP contribution < -0.4 is 5.73 Å². The van der Waals surface area contributed by atoms with Crippen LogP contribution in [0.1, 0.15) is 16.1 Å². The van der Waals surface area contributed by atoms with Crippen molar-refractivity contribution in [3.05, 3.63) is 60.0 Å². The van der Waals surface area contributed by atoms with Crippen molar-refractivity contribution in [2.24, 2.45) is 0 Å². The molecule has 0 atom stereocenters. The second kappa shape index (κ2) is 7.20. The second-order valence-corrected chi connectivity index (χ2v) is 5.53. The van der Waals surface area contributed by atoms with Gasteiger partial charge in [-0.2, -0.15) is 5.10 Å². The van der Waals surface area contributed by atoms with Gasteiger partial charge >= 0.3 is 0 Å².